The van der Waals surface area contributed by atoms with Crippen molar-refractivity contribution in [2.24, 2.45) is 0 Å². The lowest BCUT2D eigenvalue weighted by Crippen LogP contribution is -2.13. The Balaban J connectivity index is 2.35. The first-order chi connectivity index (χ1) is 9.83. The molecule has 0 atom stereocenters. The van der Waals surface area contributed by atoms with Gasteiger partial charge in [-0.25, -0.2) is 12.8 Å². The van der Waals surface area contributed by atoms with Crippen molar-refractivity contribution in [3.63, 3.8) is 0 Å². The SMILES string of the molecule is COc1cc(NS(=O)(=O)c2ccc(C)c(F)c2)ccc1N. The minimum atomic E-state index is -3.88. The third-order valence-electron chi connectivity index (χ3n) is 2.94. The molecular weight excluding hydrogens is 295 g/mol. The van der Waals surface area contributed by atoms with Crippen molar-refractivity contribution in [3.8, 4) is 5.75 Å². The van der Waals surface area contributed by atoms with Gasteiger partial charge < -0.3 is 10.5 Å². The average Bonchev–Trinajstić information content (AvgIpc) is 2.43. The molecule has 0 bridgehead atoms. The summed E-state index contributed by atoms with van der Waals surface area (Å²) in [6.07, 6.45) is 0. The van der Waals surface area contributed by atoms with E-state index in [1.54, 1.807) is 6.92 Å². The monoisotopic (exact) mass is 310 g/mol. The molecule has 2 aromatic rings. The molecule has 2 aromatic carbocycles. The smallest absolute Gasteiger partial charge is 0.261 e. The maximum atomic E-state index is 13.5. The van der Waals surface area contributed by atoms with E-state index in [4.69, 9.17) is 10.5 Å². The minimum absolute atomic E-state index is 0.151. The van der Waals surface area contributed by atoms with Crippen molar-refractivity contribution >= 4 is 21.4 Å². The molecule has 0 heterocycles. The zero-order valence-electron chi connectivity index (χ0n) is 11.6. The summed E-state index contributed by atoms with van der Waals surface area (Å²) in [7, 11) is -2.45. The van der Waals surface area contributed by atoms with Crippen LogP contribution in [-0.2, 0) is 10.0 Å². The van der Waals surface area contributed by atoms with Crippen LogP contribution in [-0.4, -0.2) is 15.5 Å². The number of nitrogens with one attached hydrogen (secondary N) is 1. The van der Waals surface area contributed by atoms with Crippen LogP contribution in [0.4, 0.5) is 15.8 Å². The normalized spacial score (nSPS) is 11.2. The molecule has 5 nitrogen and oxygen atoms in total. The Morgan fingerprint density at radius 1 is 1.19 bits per heavy atom. The number of rotatable bonds is 4. The molecule has 0 fully saturated rings. The van der Waals surface area contributed by atoms with Crippen LogP contribution in [0, 0.1) is 12.7 Å². The molecule has 0 aliphatic rings. The molecular formula is C14H15FN2O3S. The lowest BCUT2D eigenvalue weighted by Gasteiger charge is -2.11. The summed E-state index contributed by atoms with van der Waals surface area (Å²) in [5, 5.41) is 0. The summed E-state index contributed by atoms with van der Waals surface area (Å²) in [6, 6.07) is 8.21. The number of hydrogen-bond acceptors (Lipinski definition) is 4. The van der Waals surface area contributed by atoms with Crippen LogP contribution in [0.5, 0.6) is 5.75 Å². The van der Waals surface area contributed by atoms with E-state index in [0.29, 0.717) is 17.0 Å². The van der Waals surface area contributed by atoms with Crippen molar-refractivity contribution in [1.82, 2.24) is 0 Å². The molecule has 3 N–H and O–H groups in total. The highest BCUT2D eigenvalue weighted by Gasteiger charge is 2.16. The first-order valence-electron chi connectivity index (χ1n) is 6.06. The molecule has 0 amide bonds. The van der Waals surface area contributed by atoms with E-state index in [9.17, 15) is 12.8 Å². The van der Waals surface area contributed by atoms with Crippen LogP contribution < -0.4 is 15.2 Å². The molecule has 0 aliphatic heterocycles. The predicted octanol–water partition coefficient (Wildman–Crippen LogP) is 2.53. The number of sulfonamides is 1. The number of aryl methyl sites for hydroxylation is 1. The highest BCUT2D eigenvalue weighted by Crippen LogP contribution is 2.26. The van der Waals surface area contributed by atoms with E-state index >= 15 is 0 Å². The van der Waals surface area contributed by atoms with Gasteiger partial charge in [-0.2, -0.15) is 0 Å². The van der Waals surface area contributed by atoms with Crippen LogP contribution >= 0.6 is 0 Å². The third-order valence-corrected chi connectivity index (χ3v) is 4.32. The van der Waals surface area contributed by atoms with Crippen LogP contribution in [0.25, 0.3) is 0 Å². The fraction of sp³-hybridized carbons (Fsp3) is 0.143. The van der Waals surface area contributed by atoms with Crippen molar-refractivity contribution in [2.75, 3.05) is 17.6 Å². The van der Waals surface area contributed by atoms with Gasteiger partial charge in [0, 0.05) is 6.07 Å². The van der Waals surface area contributed by atoms with Crippen molar-refractivity contribution in [3.05, 3.63) is 47.8 Å². The molecule has 21 heavy (non-hydrogen) atoms. The molecule has 7 heteroatoms. The second kappa shape index (κ2) is 5.61. The molecule has 0 spiro atoms. The number of ether oxygens (including phenoxy) is 1. The number of methoxy groups -OCH3 is 1. The van der Waals surface area contributed by atoms with Crippen LogP contribution in [0.1, 0.15) is 5.56 Å². The quantitative estimate of drug-likeness (QED) is 0.850. The van der Waals surface area contributed by atoms with Gasteiger partial charge in [0.1, 0.15) is 11.6 Å². The van der Waals surface area contributed by atoms with E-state index in [2.05, 4.69) is 4.72 Å². The van der Waals surface area contributed by atoms with Gasteiger partial charge in [0.05, 0.1) is 23.4 Å². The summed E-state index contributed by atoms with van der Waals surface area (Å²) in [5.74, 6) is -0.224. The molecule has 0 unspecified atom stereocenters. The van der Waals surface area contributed by atoms with Crippen LogP contribution in [0.3, 0.4) is 0 Å². The van der Waals surface area contributed by atoms with Crippen LogP contribution in [0.15, 0.2) is 41.3 Å². The van der Waals surface area contributed by atoms with E-state index in [0.717, 1.165) is 6.07 Å². The highest BCUT2D eigenvalue weighted by atomic mass is 32.2. The van der Waals surface area contributed by atoms with Gasteiger partial charge in [-0.15, -0.1) is 0 Å². The molecule has 0 aromatic heterocycles. The topological polar surface area (TPSA) is 81.4 Å². The van der Waals surface area contributed by atoms with E-state index in [1.165, 1.54) is 37.4 Å². The van der Waals surface area contributed by atoms with Gasteiger partial charge in [0.25, 0.3) is 10.0 Å². The van der Waals surface area contributed by atoms with Gasteiger partial charge in [-0.1, -0.05) is 6.07 Å². The van der Waals surface area contributed by atoms with Gasteiger partial charge in [0.15, 0.2) is 0 Å². The summed E-state index contributed by atoms with van der Waals surface area (Å²) in [6.45, 7) is 1.56. The Morgan fingerprint density at radius 2 is 1.90 bits per heavy atom. The number of benzene rings is 2. The molecule has 0 radical (unpaired) electrons. The van der Waals surface area contributed by atoms with Crippen molar-refractivity contribution < 1.29 is 17.5 Å². The number of anilines is 2. The van der Waals surface area contributed by atoms with E-state index in [1.807, 2.05) is 0 Å². The molecule has 2 rings (SSSR count). The summed E-state index contributed by atoms with van der Waals surface area (Å²) in [5.41, 5.74) is 6.71. The van der Waals surface area contributed by atoms with Crippen molar-refractivity contribution in [2.45, 2.75) is 11.8 Å². The highest BCUT2D eigenvalue weighted by molar-refractivity contribution is 7.92. The molecule has 0 saturated carbocycles. The third kappa shape index (κ3) is 3.25. The molecule has 112 valence electrons. The lowest BCUT2D eigenvalue weighted by atomic mass is 10.2. The van der Waals surface area contributed by atoms with Gasteiger partial charge in [-0.3, -0.25) is 4.72 Å². The Hall–Kier alpha value is -2.28. The number of halogens is 1. The van der Waals surface area contributed by atoms with E-state index in [-0.39, 0.29) is 10.6 Å². The summed E-state index contributed by atoms with van der Waals surface area (Å²) in [4.78, 5) is -0.151. The summed E-state index contributed by atoms with van der Waals surface area (Å²) >= 11 is 0. The van der Waals surface area contributed by atoms with Gasteiger partial charge >= 0.3 is 0 Å². The first kappa shape index (κ1) is 15.1. The molecule has 0 saturated heterocycles. The Kier molecular flexibility index (Phi) is 4.04. The Labute approximate surface area is 122 Å². The van der Waals surface area contributed by atoms with Gasteiger partial charge in [0.2, 0.25) is 0 Å². The minimum Gasteiger partial charge on any atom is -0.495 e. The second-order valence-corrected chi connectivity index (χ2v) is 6.16. The Morgan fingerprint density at radius 3 is 2.52 bits per heavy atom. The summed E-state index contributed by atoms with van der Waals surface area (Å²) < 4.78 is 45.3. The largest absolute Gasteiger partial charge is 0.495 e. The maximum Gasteiger partial charge on any atom is 0.261 e. The lowest BCUT2D eigenvalue weighted by molar-refractivity contribution is 0.417. The predicted molar refractivity (Wildman–Crippen MR) is 79.4 cm³/mol. The van der Waals surface area contributed by atoms with Gasteiger partial charge in [-0.05, 0) is 36.8 Å². The van der Waals surface area contributed by atoms with E-state index < -0.39 is 15.8 Å². The van der Waals surface area contributed by atoms with Crippen molar-refractivity contribution in [1.29, 1.82) is 0 Å². The zero-order valence-corrected chi connectivity index (χ0v) is 12.4. The number of hydrogen-bond donors (Lipinski definition) is 2. The number of nitrogens with two attached hydrogens (primary N) is 1. The Bertz CT molecular complexity index is 776. The maximum absolute atomic E-state index is 13.5. The van der Waals surface area contributed by atoms with Crippen LogP contribution in [0.2, 0.25) is 0 Å². The second-order valence-electron chi connectivity index (χ2n) is 4.47. The number of nitrogen functional groups attached to an aromatic ring is 1. The fourth-order valence-electron chi connectivity index (χ4n) is 1.73. The zero-order chi connectivity index (χ0) is 15.6. The first-order valence-corrected chi connectivity index (χ1v) is 7.54. The fourth-order valence-corrected chi connectivity index (χ4v) is 2.79. The molecule has 0 aliphatic carbocycles. The standard InChI is InChI=1S/C14H15FN2O3S/c1-9-3-5-11(8-12(9)15)21(18,19)17-10-4-6-13(16)14(7-10)20-2/h3-8,17H,16H2,1-2H3. The average molecular weight is 310 g/mol.